The maximum atomic E-state index is 12.1. The number of nitrogens with zero attached hydrogens (tertiary/aromatic N) is 2. The van der Waals surface area contributed by atoms with Crippen molar-refractivity contribution in [1.82, 2.24) is 5.43 Å². The van der Waals surface area contributed by atoms with E-state index < -0.39 is 4.92 Å². The van der Waals surface area contributed by atoms with Crippen molar-refractivity contribution < 1.29 is 14.1 Å². The van der Waals surface area contributed by atoms with E-state index in [1.807, 2.05) is 24.3 Å². The van der Waals surface area contributed by atoms with E-state index in [0.717, 1.165) is 5.56 Å². The van der Waals surface area contributed by atoms with Gasteiger partial charge in [0.15, 0.2) is 0 Å². The van der Waals surface area contributed by atoms with Crippen LogP contribution >= 0.6 is 0 Å². The molecule has 0 unspecified atom stereocenters. The molecule has 7 nitrogen and oxygen atoms in total. The summed E-state index contributed by atoms with van der Waals surface area (Å²) in [5, 5.41) is 14.7. The standard InChI is InChI=1S/C23H23N3O4/c1-23(2,3)18-8-4-16(5-9-18)14-22(27)25-24-15-20-12-13-21(30-20)17-6-10-19(11-7-17)26(28)29/h4-13,15H,14H2,1-3H3,(H,25,27)/b24-15-. The molecule has 0 atom stereocenters. The molecule has 0 fully saturated rings. The molecule has 0 bridgehead atoms. The second-order valence-corrected chi connectivity index (χ2v) is 7.92. The van der Waals surface area contributed by atoms with Crippen molar-refractivity contribution in [3.05, 3.63) is 87.7 Å². The molecule has 1 heterocycles. The second kappa shape index (κ2) is 8.73. The van der Waals surface area contributed by atoms with Gasteiger partial charge in [-0.25, -0.2) is 5.43 Å². The molecule has 0 radical (unpaired) electrons. The number of carbonyl (C=O) groups excluding carboxylic acids is 1. The first kappa shape index (κ1) is 21.0. The topological polar surface area (TPSA) is 97.7 Å². The van der Waals surface area contributed by atoms with E-state index in [2.05, 4.69) is 31.3 Å². The molecule has 30 heavy (non-hydrogen) atoms. The third-order valence-electron chi connectivity index (χ3n) is 4.56. The quantitative estimate of drug-likeness (QED) is 0.360. The Morgan fingerprint density at radius 2 is 1.73 bits per heavy atom. The van der Waals surface area contributed by atoms with Gasteiger partial charge in [-0.15, -0.1) is 0 Å². The summed E-state index contributed by atoms with van der Waals surface area (Å²) >= 11 is 0. The minimum absolute atomic E-state index is 0.0165. The number of hydrogen-bond donors (Lipinski definition) is 1. The van der Waals surface area contributed by atoms with Crippen LogP contribution in [0.15, 0.2) is 70.2 Å². The van der Waals surface area contributed by atoms with Crippen molar-refractivity contribution in [2.24, 2.45) is 5.10 Å². The maximum Gasteiger partial charge on any atom is 0.269 e. The Labute approximate surface area is 174 Å². The summed E-state index contributed by atoms with van der Waals surface area (Å²) in [6.45, 7) is 6.43. The summed E-state index contributed by atoms with van der Waals surface area (Å²) in [6.07, 6.45) is 1.64. The minimum atomic E-state index is -0.453. The van der Waals surface area contributed by atoms with Gasteiger partial charge in [0.1, 0.15) is 11.5 Å². The molecule has 0 spiro atoms. The molecular weight excluding hydrogens is 382 g/mol. The highest BCUT2D eigenvalue weighted by molar-refractivity contribution is 5.82. The Hall–Kier alpha value is -3.74. The molecule has 0 aliphatic carbocycles. The smallest absolute Gasteiger partial charge is 0.269 e. The average molecular weight is 405 g/mol. The molecule has 0 saturated carbocycles. The fourth-order valence-corrected chi connectivity index (χ4v) is 2.84. The Morgan fingerprint density at radius 1 is 1.07 bits per heavy atom. The number of rotatable bonds is 6. The molecule has 3 aromatic rings. The summed E-state index contributed by atoms with van der Waals surface area (Å²) in [7, 11) is 0. The number of nitrogens with one attached hydrogen (secondary N) is 1. The van der Waals surface area contributed by atoms with Gasteiger partial charge in [0.05, 0.1) is 17.6 Å². The van der Waals surface area contributed by atoms with E-state index >= 15 is 0 Å². The monoisotopic (exact) mass is 405 g/mol. The van der Waals surface area contributed by atoms with E-state index in [9.17, 15) is 14.9 Å². The molecule has 1 amide bonds. The van der Waals surface area contributed by atoms with Crippen molar-refractivity contribution in [1.29, 1.82) is 0 Å². The number of carbonyl (C=O) groups is 1. The summed E-state index contributed by atoms with van der Waals surface area (Å²) in [4.78, 5) is 22.4. The lowest BCUT2D eigenvalue weighted by Gasteiger charge is -2.19. The normalized spacial score (nSPS) is 11.6. The first-order valence-electron chi connectivity index (χ1n) is 9.48. The Bertz CT molecular complexity index is 1060. The number of non-ortho nitro benzene ring substituents is 1. The molecule has 2 aromatic carbocycles. The lowest BCUT2D eigenvalue weighted by molar-refractivity contribution is -0.384. The van der Waals surface area contributed by atoms with Crippen LogP contribution < -0.4 is 5.43 Å². The van der Waals surface area contributed by atoms with Crippen molar-refractivity contribution in [2.75, 3.05) is 0 Å². The van der Waals surface area contributed by atoms with Gasteiger partial charge in [0.25, 0.3) is 5.69 Å². The molecule has 1 aromatic heterocycles. The number of benzene rings is 2. The highest BCUT2D eigenvalue weighted by Crippen LogP contribution is 2.24. The Balaban J connectivity index is 1.55. The van der Waals surface area contributed by atoms with Crippen LogP contribution in [0, 0.1) is 10.1 Å². The molecule has 154 valence electrons. The van der Waals surface area contributed by atoms with Crippen LogP contribution in [-0.4, -0.2) is 17.0 Å². The van der Waals surface area contributed by atoms with Crippen LogP contribution in [-0.2, 0) is 16.6 Å². The molecule has 0 aliphatic heterocycles. The first-order valence-corrected chi connectivity index (χ1v) is 9.48. The van der Waals surface area contributed by atoms with Gasteiger partial charge in [0.2, 0.25) is 5.91 Å². The van der Waals surface area contributed by atoms with Gasteiger partial charge in [-0.2, -0.15) is 5.10 Å². The van der Waals surface area contributed by atoms with Crippen molar-refractivity contribution in [3.63, 3.8) is 0 Å². The summed E-state index contributed by atoms with van der Waals surface area (Å²) in [5.74, 6) is 0.784. The summed E-state index contributed by atoms with van der Waals surface area (Å²) < 4.78 is 5.64. The van der Waals surface area contributed by atoms with Gasteiger partial charge in [-0.1, -0.05) is 45.0 Å². The van der Waals surface area contributed by atoms with E-state index in [1.54, 1.807) is 24.3 Å². The van der Waals surface area contributed by atoms with Crippen molar-refractivity contribution in [2.45, 2.75) is 32.6 Å². The molecule has 1 N–H and O–H groups in total. The number of furan rings is 1. The SMILES string of the molecule is CC(C)(C)c1ccc(CC(=O)N/N=C\c2ccc(-c3ccc([N+](=O)[O-])cc3)o2)cc1. The zero-order valence-electron chi connectivity index (χ0n) is 17.1. The summed E-state index contributed by atoms with van der Waals surface area (Å²) in [6, 6.07) is 17.5. The predicted molar refractivity (Wildman–Crippen MR) is 115 cm³/mol. The predicted octanol–water partition coefficient (Wildman–Crippen LogP) is 4.85. The first-order chi connectivity index (χ1) is 14.2. The van der Waals surface area contributed by atoms with E-state index in [0.29, 0.717) is 17.1 Å². The summed E-state index contributed by atoms with van der Waals surface area (Å²) in [5.41, 5.74) is 5.41. The molecule has 7 heteroatoms. The molecule has 3 rings (SSSR count). The molecule has 0 saturated heterocycles. The van der Waals surface area contributed by atoms with Gasteiger partial charge < -0.3 is 4.42 Å². The maximum absolute atomic E-state index is 12.1. The van der Waals surface area contributed by atoms with Crippen LogP contribution in [0.4, 0.5) is 5.69 Å². The number of amides is 1. The third kappa shape index (κ3) is 5.41. The van der Waals surface area contributed by atoms with E-state index in [4.69, 9.17) is 4.42 Å². The van der Waals surface area contributed by atoms with Crippen LogP contribution in [0.25, 0.3) is 11.3 Å². The van der Waals surface area contributed by atoms with Gasteiger partial charge in [0, 0.05) is 17.7 Å². The third-order valence-corrected chi connectivity index (χ3v) is 4.56. The van der Waals surface area contributed by atoms with Crippen LogP contribution in [0.3, 0.4) is 0 Å². The van der Waals surface area contributed by atoms with Crippen LogP contribution in [0.2, 0.25) is 0 Å². The molecule has 0 aliphatic rings. The number of hydrazone groups is 1. The van der Waals surface area contributed by atoms with Crippen LogP contribution in [0.1, 0.15) is 37.7 Å². The Kier molecular flexibility index (Phi) is 6.11. The van der Waals surface area contributed by atoms with E-state index in [1.165, 1.54) is 23.9 Å². The zero-order valence-corrected chi connectivity index (χ0v) is 17.1. The number of nitro benzene ring substituents is 1. The number of nitro groups is 1. The minimum Gasteiger partial charge on any atom is -0.455 e. The lowest BCUT2D eigenvalue weighted by Crippen LogP contribution is -2.20. The highest BCUT2D eigenvalue weighted by atomic mass is 16.6. The average Bonchev–Trinajstić information content (AvgIpc) is 3.16. The van der Waals surface area contributed by atoms with Crippen molar-refractivity contribution >= 4 is 17.8 Å². The highest BCUT2D eigenvalue weighted by Gasteiger charge is 2.13. The lowest BCUT2D eigenvalue weighted by atomic mass is 9.86. The van der Waals surface area contributed by atoms with Gasteiger partial charge in [-0.3, -0.25) is 14.9 Å². The fourth-order valence-electron chi connectivity index (χ4n) is 2.84. The number of hydrogen-bond acceptors (Lipinski definition) is 5. The van der Waals surface area contributed by atoms with E-state index in [-0.39, 0.29) is 23.4 Å². The van der Waals surface area contributed by atoms with Gasteiger partial charge >= 0.3 is 0 Å². The zero-order chi connectivity index (χ0) is 21.7. The van der Waals surface area contributed by atoms with Gasteiger partial charge in [-0.05, 0) is 40.8 Å². The van der Waals surface area contributed by atoms with Crippen LogP contribution in [0.5, 0.6) is 0 Å². The second-order valence-electron chi connectivity index (χ2n) is 7.92. The fraction of sp³-hybridized carbons (Fsp3) is 0.217. The van der Waals surface area contributed by atoms with Crippen molar-refractivity contribution in [3.8, 4) is 11.3 Å². The molecular formula is C23H23N3O4. The Morgan fingerprint density at radius 3 is 2.33 bits per heavy atom. The largest absolute Gasteiger partial charge is 0.455 e.